The highest BCUT2D eigenvalue weighted by molar-refractivity contribution is 5.95. The van der Waals surface area contributed by atoms with Gasteiger partial charge in [-0.15, -0.1) is 0 Å². The second-order valence-electron chi connectivity index (χ2n) is 6.03. The molecule has 2 rings (SSSR count). The molecule has 1 amide bonds. The maximum absolute atomic E-state index is 12.4. The monoisotopic (exact) mass is 341 g/mol. The van der Waals surface area contributed by atoms with Crippen LogP contribution in [0.5, 0.6) is 0 Å². The molecule has 25 heavy (non-hydrogen) atoms. The van der Waals surface area contributed by atoms with E-state index >= 15 is 0 Å². The van der Waals surface area contributed by atoms with Crippen LogP contribution in [-0.4, -0.2) is 33.5 Å². The number of nitrogens with zero attached hydrogens (tertiary/aromatic N) is 2. The van der Waals surface area contributed by atoms with Crippen molar-refractivity contribution in [3.63, 3.8) is 0 Å². The van der Waals surface area contributed by atoms with Gasteiger partial charge in [0.15, 0.2) is 5.82 Å². The number of nitrogens with one attached hydrogen (secondary N) is 1. The summed E-state index contributed by atoms with van der Waals surface area (Å²) < 4.78 is 0. The van der Waals surface area contributed by atoms with Gasteiger partial charge in [0.1, 0.15) is 0 Å². The van der Waals surface area contributed by atoms with Gasteiger partial charge < -0.3 is 10.4 Å². The minimum Gasteiger partial charge on any atom is -0.481 e. The molecule has 2 N–H and O–H groups in total. The van der Waals surface area contributed by atoms with Crippen LogP contribution in [-0.2, 0) is 4.79 Å². The number of hydrogen-bond donors (Lipinski definition) is 2. The number of benzene rings is 1. The van der Waals surface area contributed by atoms with Crippen LogP contribution < -0.4 is 5.32 Å². The molecule has 1 aromatic heterocycles. The Bertz CT molecular complexity index is 756. The highest BCUT2D eigenvalue weighted by atomic mass is 16.4. The number of carbonyl (C=O) groups is 2. The summed E-state index contributed by atoms with van der Waals surface area (Å²) in [6.07, 6.45) is 2.38. The Balaban J connectivity index is 2.16. The molecule has 0 spiro atoms. The van der Waals surface area contributed by atoms with E-state index < -0.39 is 11.4 Å². The van der Waals surface area contributed by atoms with E-state index in [-0.39, 0.29) is 12.5 Å². The maximum Gasteiger partial charge on any atom is 0.311 e. The summed E-state index contributed by atoms with van der Waals surface area (Å²) in [4.78, 5) is 32.6. The fourth-order valence-corrected chi connectivity index (χ4v) is 2.64. The quantitative estimate of drug-likeness (QED) is 0.807. The highest BCUT2D eigenvalue weighted by Crippen LogP contribution is 2.26. The van der Waals surface area contributed by atoms with E-state index in [9.17, 15) is 14.7 Å². The van der Waals surface area contributed by atoms with Crippen LogP contribution in [0.25, 0.3) is 11.4 Å². The third-order valence-electron chi connectivity index (χ3n) is 4.65. The molecule has 0 atom stereocenters. The van der Waals surface area contributed by atoms with Gasteiger partial charge in [-0.3, -0.25) is 9.59 Å². The average Bonchev–Trinajstić information content (AvgIpc) is 2.63. The number of aryl methyl sites for hydroxylation is 1. The molecule has 0 aliphatic heterocycles. The fraction of sp³-hybridized carbons (Fsp3) is 0.368. The van der Waals surface area contributed by atoms with Crippen molar-refractivity contribution in [1.82, 2.24) is 15.3 Å². The number of carbonyl (C=O) groups excluding carboxylic acids is 1. The first-order valence-corrected chi connectivity index (χ1v) is 8.34. The van der Waals surface area contributed by atoms with E-state index in [2.05, 4.69) is 15.3 Å². The van der Waals surface area contributed by atoms with Gasteiger partial charge in [0.25, 0.3) is 5.91 Å². The topological polar surface area (TPSA) is 92.2 Å². The summed E-state index contributed by atoms with van der Waals surface area (Å²) in [6, 6.07) is 9.51. The Kier molecular flexibility index (Phi) is 5.85. The van der Waals surface area contributed by atoms with Gasteiger partial charge in [0, 0.05) is 18.3 Å². The molecule has 6 nitrogen and oxygen atoms in total. The van der Waals surface area contributed by atoms with Crippen molar-refractivity contribution >= 4 is 11.9 Å². The van der Waals surface area contributed by atoms with Crippen LogP contribution in [0.15, 0.2) is 36.5 Å². The van der Waals surface area contributed by atoms with E-state index in [1.54, 1.807) is 6.92 Å². The number of aromatic nitrogens is 2. The van der Waals surface area contributed by atoms with Crippen molar-refractivity contribution in [3.05, 3.63) is 47.8 Å². The van der Waals surface area contributed by atoms with E-state index in [0.29, 0.717) is 29.9 Å². The van der Waals surface area contributed by atoms with Crippen molar-refractivity contribution in [2.45, 2.75) is 33.6 Å². The zero-order valence-corrected chi connectivity index (χ0v) is 14.7. The lowest BCUT2D eigenvalue weighted by Gasteiger charge is -2.26. The highest BCUT2D eigenvalue weighted by Gasteiger charge is 2.35. The second kappa shape index (κ2) is 7.88. The number of carboxylic acid groups (broad SMARTS) is 1. The lowest BCUT2D eigenvalue weighted by molar-refractivity contribution is -0.149. The Labute approximate surface area is 147 Å². The minimum absolute atomic E-state index is 0.0774. The normalized spacial score (nSPS) is 11.2. The molecule has 1 heterocycles. The zero-order chi connectivity index (χ0) is 18.4. The van der Waals surface area contributed by atoms with Crippen molar-refractivity contribution in [1.29, 1.82) is 0 Å². The summed E-state index contributed by atoms with van der Waals surface area (Å²) in [5.74, 6) is -0.702. The van der Waals surface area contributed by atoms with Crippen LogP contribution in [0.1, 0.15) is 42.7 Å². The summed E-state index contributed by atoms with van der Waals surface area (Å²) in [6.45, 7) is 5.45. The first-order chi connectivity index (χ1) is 11.9. The summed E-state index contributed by atoms with van der Waals surface area (Å²) in [5, 5.41) is 12.2. The van der Waals surface area contributed by atoms with Gasteiger partial charge in [-0.1, -0.05) is 44.2 Å². The maximum atomic E-state index is 12.4. The predicted molar refractivity (Wildman–Crippen MR) is 95.2 cm³/mol. The number of aliphatic carboxylic acids is 1. The molecular weight excluding hydrogens is 318 g/mol. The van der Waals surface area contributed by atoms with Crippen LogP contribution >= 0.6 is 0 Å². The Hall–Kier alpha value is -2.76. The largest absolute Gasteiger partial charge is 0.481 e. The molecule has 0 aliphatic rings. The van der Waals surface area contributed by atoms with Gasteiger partial charge in [0.05, 0.1) is 16.7 Å². The van der Waals surface area contributed by atoms with E-state index in [4.69, 9.17) is 0 Å². The van der Waals surface area contributed by atoms with Crippen molar-refractivity contribution < 1.29 is 14.7 Å². The third kappa shape index (κ3) is 4.02. The molecule has 2 aromatic rings. The van der Waals surface area contributed by atoms with Crippen molar-refractivity contribution in [2.75, 3.05) is 6.54 Å². The van der Waals surface area contributed by atoms with Gasteiger partial charge >= 0.3 is 5.97 Å². The Morgan fingerprint density at radius 1 is 1.16 bits per heavy atom. The van der Waals surface area contributed by atoms with Gasteiger partial charge in [0.2, 0.25) is 0 Å². The summed E-state index contributed by atoms with van der Waals surface area (Å²) in [5.41, 5.74) is 0.833. The third-order valence-corrected chi connectivity index (χ3v) is 4.65. The fourth-order valence-electron chi connectivity index (χ4n) is 2.64. The van der Waals surface area contributed by atoms with E-state index in [1.165, 1.54) is 6.20 Å². The lowest BCUT2D eigenvalue weighted by atomic mass is 9.82. The molecule has 132 valence electrons. The van der Waals surface area contributed by atoms with Gasteiger partial charge in [-0.25, -0.2) is 9.97 Å². The first-order valence-electron chi connectivity index (χ1n) is 8.34. The predicted octanol–water partition coefficient (Wildman–Crippen LogP) is 3.07. The van der Waals surface area contributed by atoms with E-state index in [0.717, 1.165) is 5.56 Å². The van der Waals surface area contributed by atoms with Gasteiger partial charge in [-0.2, -0.15) is 0 Å². The SMILES string of the molecule is CCC(CC)(CNC(=O)c1cnc(-c2ccccc2)nc1C)C(=O)O. The number of amides is 1. The number of rotatable bonds is 7. The molecule has 6 heteroatoms. The summed E-state index contributed by atoms with van der Waals surface area (Å²) in [7, 11) is 0. The molecule has 0 radical (unpaired) electrons. The zero-order valence-electron chi connectivity index (χ0n) is 14.7. The van der Waals surface area contributed by atoms with Crippen LogP contribution in [0, 0.1) is 12.3 Å². The van der Waals surface area contributed by atoms with Crippen LogP contribution in [0.2, 0.25) is 0 Å². The van der Waals surface area contributed by atoms with Crippen molar-refractivity contribution in [2.24, 2.45) is 5.41 Å². The molecule has 0 fully saturated rings. The molecule has 0 saturated carbocycles. The first kappa shape index (κ1) is 18.6. The molecule has 0 unspecified atom stereocenters. The van der Waals surface area contributed by atoms with Crippen molar-refractivity contribution in [3.8, 4) is 11.4 Å². The molecule has 0 bridgehead atoms. The van der Waals surface area contributed by atoms with Crippen LogP contribution in [0.4, 0.5) is 0 Å². The van der Waals surface area contributed by atoms with E-state index in [1.807, 2.05) is 44.2 Å². The second-order valence-corrected chi connectivity index (χ2v) is 6.03. The Morgan fingerprint density at radius 3 is 2.32 bits per heavy atom. The molecule has 0 aliphatic carbocycles. The molecule has 0 saturated heterocycles. The molecule has 1 aromatic carbocycles. The summed E-state index contributed by atoms with van der Waals surface area (Å²) >= 11 is 0. The number of carboxylic acids is 1. The Morgan fingerprint density at radius 2 is 1.80 bits per heavy atom. The minimum atomic E-state index is -0.950. The number of hydrogen-bond acceptors (Lipinski definition) is 4. The average molecular weight is 341 g/mol. The lowest BCUT2D eigenvalue weighted by Crippen LogP contribution is -2.42. The standard InChI is InChI=1S/C19H23N3O3/c1-4-19(5-2,18(24)25)12-21-17(23)15-11-20-16(22-13(15)3)14-9-7-6-8-10-14/h6-11H,4-5,12H2,1-3H3,(H,21,23)(H,24,25). The van der Waals surface area contributed by atoms with Gasteiger partial charge in [-0.05, 0) is 19.8 Å². The van der Waals surface area contributed by atoms with Crippen LogP contribution in [0.3, 0.4) is 0 Å². The smallest absolute Gasteiger partial charge is 0.311 e. The molecular formula is C19H23N3O3.